The number of amides is 3. The van der Waals surface area contributed by atoms with Crippen molar-refractivity contribution in [2.24, 2.45) is 0 Å². The zero-order valence-electron chi connectivity index (χ0n) is 8.54. The number of rotatable bonds is 0. The van der Waals surface area contributed by atoms with Gasteiger partial charge in [0.1, 0.15) is 5.54 Å². The molecule has 0 bridgehead atoms. The maximum absolute atomic E-state index is 11.9. The zero-order valence-corrected chi connectivity index (χ0v) is 8.54. The molecular weight excluding hydrogens is 182 g/mol. The molecule has 5 nitrogen and oxygen atoms in total. The van der Waals surface area contributed by atoms with E-state index in [9.17, 15) is 9.59 Å². The molecule has 2 heterocycles. The second-order valence-electron chi connectivity index (χ2n) is 3.99. The monoisotopic (exact) mass is 197 g/mol. The average molecular weight is 197 g/mol. The largest absolute Gasteiger partial charge is 0.327 e. The fraction of sp³-hybridized carbons (Fsp3) is 0.778. The Morgan fingerprint density at radius 3 is 2.21 bits per heavy atom. The molecule has 0 atom stereocenters. The molecule has 0 saturated carbocycles. The molecule has 1 N–H and O–H groups in total. The Hall–Kier alpha value is -1.10. The van der Waals surface area contributed by atoms with Crippen LogP contribution < -0.4 is 5.32 Å². The first kappa shape index (κ1) is 9.45. The highest BCUT2D eigenvalue weighted by atomic mass is 16.2. The molecule has 0 unspecified atom stereocenters. The third-order valence-electron chi connectivity index (χ3n) is 3.35. The van der Waals surface area contributed by atoms with Gasteiger partial charge in [-0.15, -0.1) is 0 Å². The molecule has 14 heavy (non-hydrogen) atoms. The fourth-order valence-corrected chi connectivity index (χ4v) is 2.34. The van der Waals surface area contributed by atoms with E-state index in [-0.39, 0.29) is 11.9 Å². The van der Waals surface area contributed by atoms with Crippen molar-refractivity contribution in [2.45, 2.75) is 18.4 Å². The van der Waals surface area contributed by atoms with Crippen molar-refractivity contribution in [2.75, 3.05) is 27.2 Å². The predicted octanol–water partition coefficient (Wildman–Crippen LogP) is -0.368. The van der Waals surface area contributed by atoms with Gasteiger partial charge in [-0.05, 0) is 25.9 Å². The van der Waals surface area contributed by atoms with Crippen LogP contribution in [0.25, 0.3) is 0 Å². The van der Waals surface area contributed by atoms with Gasteiger partial charge in [-0.3, -0.25) is 9.69 Å². The van der Waals surface area contributed by atoms with E-state index in [0.29, 0.717) is 0 Å². The molecule has 0 radical (unpaired) electrons. The topological polar surface area (TPSA) is 52.7 Å². The summed E-state index contributed by atoms with van der Waals surface area (Å²) in [5, 5.41) is 3.20. The van der Waals surface area contributed by atoms with Crippen LogP contribution in [0.1, 0.15) is 12.8 Å². The lowest BCUT2D eigenvalue weighted by molar-refractivity contribution is -0.133. The number of carbonyl (C=O) groups is 2. The maximum Gasteiger partial charge on any atom is 0.327 e. The zero-order chi connectivity index (χ0) is 10.3. The first-order valence-corrected chi connectivity index (χ1v) is 4.86. The van der Waals surface area contributed by atoms with Crippen molar-refractivity contribution in [1.82, 2.24) is 15.1 Å². The van der Waals surface area contributed by atoms with Crippen molar-refractivity contribution in [3.8, 4) is 0 Å². The quantitative estimate of drug-likeness (QED) is 0.539. The summed E-state index contributed by atoms with van der Waals surface area (Å²) < 4.78 is 0. The van der Waals surface area contributed by atoms with Gasteiger partial charge in [0, 0.05) is 14.1 Å². The number of likely N-dealkylation sites (N-methyl/N-ethyl adjacent to an activating group) is 2. The standard InChI is InChI=1S/C9H15N3O2/c1-11-7(13)9(12(2)8(11)14)3-5-10-6-4-9/h10H,3-6H2,1-2H3. The molecule has 2 aliphatic heterocycles. The van der Waals surface area contributed by atoms with E-state index in [1.165, 1.54) is 4.90 Å². The van der Waals surface area contributed by atoms with Crippen LogP contribution in [0.2, 0.25) is 0 Å². The molecule has 0 aromatic carbocycles. The van der Waals surface area contributed by atoms with Gasteiger partial charge in [0.2, 0.25) is 0 Å². The number of imide groups is 1. The highest BCUT2D eigenvalue weighted by Crippen LogP contribution is 2.33. The summed E-state index contributed by atoms with van der Waals surface area (Å²) >= 11 is 0. The molecule has 2 aliphatic rings. The lowest BCUT2D eigenvalue weighted by atomic mass is 9.87. The summed E-state index contributed by atoms with van der Waals surface area (Å²) in [6, 6.07) is -0.183. The van der Waals surface area contributed by atoms with Crippen LogP contribution in [-0.4, -0.2) is 54.5 Å². The Morgan fingerprint density at radius 1 is 1.21 bits per heavy atom. The molecule has 2 fully saturated rings. The molecule has 78 valence electrons. The Balaban J connectivity index is 2.33. The van der Waals surface area contributed by atoms with Gasteiger partial charge in [0.25, 0.3) is 5.91 Å². The van der Waals surface area contributed by atoms with Crippen LogP contribution in [0, 0.1) is 0 Å². The van der Waals surface area contributed by atoms with Crippen molar-refractivity contribution < 1.29 is 9.59 Å². The minimum Gasteiger partial charge on any atom is -0.317 e. The van der Waals surface area contributed by atoms with Gasteiger partial charge in [0.15, 0.2) is 0 Å². The minimum atomic E-state index is -0.558. The first-order valence-electron chi connectivity index (χ1n) is 4.86. The number of nitrogens with zero attached hydrogens (tertiary/aromatic N) is 2. The van der Waals surface area contributed by atoms with Crippen LogP contribution in [-0.2, 0) is 4.79 Å². The van der Waals surface area contributed by atoms with Crippen LogP contribution in [0.4, 0.5) is 4.79 Å². The number of hydrogen-bond donors (Lipinski definition) is 1. The summed E-state index contributed by atoms with van der Waals surface area (Å²) in [5.74, 6) is -0.0495. The fourth-order valence-electron chi connectivity index (χ4n) is 2.34. The molecule has 5 heteroatoms. The Kier molecular flexibility index (Phi) is 1.99. The molecule has 0 aromatic rings. The summed E-state index contributed by atoms with van der Waals surface area (Å²) in [6.07, 6.45) is 1.44. The van der Waals surface area contributed by atoms with Crippen molar-refractivity contribution in [3.05, 3.63) is 0 Å². The normalized spacial score (nSPS) is 26.4. The SMILES string of the molecule is CN1C(=O)N(C)C2(CCNCC2)C1=O. The summed E-state index contributed by atoms with van der Waals surface area (Å²) in [4.78, 5) is 26.4. The Morgan fingerprint density at radius 2 is 1.79 bits per heavy atom. The van der Waals surface area contributed by atoms with E-state index in [1.807, 2.05) is 0 Å². The lowest BCUT2D eigenvalue weighted by Crippen LogP contribution is -2.54. The van der Waals surface area contributed by atoms with E-state index >= 15 is 0 Å². The van der Waals surface area contributed by atoms with Crippen LogP contribution in [0.3, 0.4) is 0 Å². The van der Waals surface area contributed by atoms with Gasteiger partial charge in [-0.1, -0.05) is 0 Å². The number of nitrogens with one attached hydrogen (secondary N) is 1. The smallest absolute Gasteiger partial charge is 0.317 e. The van der Waals surface area contributed by atoms with E-state index in [2.05, 4.69) is 5.32 Å². The van der Waals surface area contributed by atoms with Crippen molar-refractivity contribution >= 4 is 11.9 Å². The second-order valence-corrected chi connectivity index (χ2v) is 3.99. The summed E-state index contributed by atoms with van der Waals surface area (Å²) in [7, 11) is 3.27. The first-order chi connectivity index (χ1) is 6.59. The molecule has 2 rings (SSSR count). The second kappa shape index (κ2) is 2.95. The van der Waals surface area contributed by atoms with Crippen LogP contribution in [0.15, 0.2) is 0 Å². The van der Waals surface area contributed by atoms with Gasteiger partial charge in [0.05, 0.1) is 0 Å². The number of carbonyl (C=O) groups excluding carboxylic acids is 2. The van der Waals surface area contributed by atoms with Crippen molar-refractivity contribution in [1.29, 1.82) is 0 Å². The summed E-state index contributed by atoms with van der Waals surface area (Å²) in [5.41, 5.74) is -0.558. The Labute approximate surface area is 83.0 Å². The molecule has 0 aromatic heterocycles. The van der Waals surface area contributed by atoms with Gasteiger partial charge < -0.3 is 10.2 Å². The van der Waals surface area contributed by atoms with Crippen LogP contribution in [0.5, 0.6) is 0 Å². The molecule has 0 aliphatic carbocycles. The highest BCUT2D eigenvalue weighted by Gasteiger charge is 2.54. The average Bonchev–Trinajstić information content (AvgIpc) is 2.37. The highest BCUT2D eigenvalue weighted by molar-refractivity contribution is 6.06. The third-order valence-corrected chi connectivity index (χ3v) is 3.35. The molecular formula is C9H15N3O2. The van der Waals surface area contributed by atoms with Crippen molar-refractivity contribution in [3.63, 3.8) is 0 Å². The third kappa shape index (κ3) is 0.987. The number of urea groups is 1. The van der Waals surface area contributed by atoms with Crippen LogP contribution >= 0.6 is 0 Å². The minimum absolute atomic E-state index is 0.0495. The Bertz CT molecular complexity index is 284. The van der Waals surface area contributed by atoms with E-state index in [1.54, 1.807) is 19.0 Å². The predicted molar refractivity (Wildman–Crippen MR) is 50.8 cm³/mol. The molecule has 1 spiro atoms. The van der Waals surface area contributed by atoms with E-state index < -0.39 is 5.54 Å². The van der Waals surface area contributed by atoms with E-state index in [4.69, 9.17) is 0 Å². The van der Waals surface area contributed by atoms with Gasteiger partial charge >= 0.3 is 6.03 Å². The number of piperidine rings is 1. The van der Waals surface area contributed by atoms with E-state index in [0.717, 1.165) is 25.9 Å². The number of hydrogen-bond acceptors (Lipinski definition) is 3. The molecule has 2 saturated heterocycles. The van der Waals surface area contributed by atoms with Gasteiger partial charge in [-0.25, -0.2) is 4.79 Å². The summed E-state index contributed by atoms with van der Waals surface area (Å²) in [6.45, 7) is 1.61. The lowest BCUT2D eigenvalue weighted by Gasteiger charge is -2.36. The van der Waals surface area contributed by atoms with Gasteiger partial charge in [-0.2, -0.15) is 0 Å². The maximum atomic E-state index is 11.9. The molecule has 3 amide bonds.